The number of benzene rings is 3. The van der Waals surface area contributed by atoms with Gasteiger partial charge >= 0.3 is 18.4 Å². The van der Waals surface area contributed by atoms with Crippen molar-refractivity contribution in [3.8, 4) is 11.5 Å². The molecule has 3 rings (SSSR count). The van der Waals surface area contributed by atoms with Crippen molar-refractivity contribution in [3.63, 3.8) is 0 Å². The van der Waals surface area contributed by atoms with Crippen LogP contribution in [0, 0.1) is 0 Å². The van der Waals surface area contributed by atoms with Crippen LogP contribution < -0.4 is 20.8 Å². The Kier molecular flexibility index (Phi) is 6.38. The van der Waals surface area contributed by atoms with Gasteiger partial charge in [0, 0.05) is 11.4 Å². The predicted octanol–water partition coefficient (Wildman–Crippen LogP) is 5.95. The van der Waals surface area contributed by atoms with Crippen LogP contribution in [0.25, 0.3) is 0 Å². The van der Waals surface area contributed by atoms with Crippen molar-refractivity contribution in [2.75, 3.05) is 10.6 Å². The van der Waals surface area contributed by atoms with E-state index in [2.05, 4.69) is 5.32 Å². The van der Waals surface area contributed by atoms with Crippen LogP contribution in [0.3, 0.4) is 0 Å². The number of ether oxygens (including phenoxy) is 1. The Morgan fingerprint density at radius 3 is 1.59 bits per heavy atom. The van der Waals surface area contributed by atoms with Crippen LogP contribution in [0.15, 0.2) is 66.7 Å². The lowest BCUT2D eigenvalue weighted by Gasteiger charge is -2.15. The maximum atomic E-state index is 12.9. The van der Waals surface area contributed by atoms with E-state index in [1.165, 1.54) is 24.3 Å². The molecule has 4 nitrogen and oxygen atoms in total. The fourth-order valence-electron chi connectivity index (χ4n) is 2.60. The Morgan fingerprint density at radius 1 is 0.688 bits per heavy atom. The molecule has 164 valence electrons. The summed E-state index contributed by atoms with van der Waals surface area (Å²) in [6.07, 6.45) is -10.0. The molecule has 0 heterocycles. The number of hydrogen-bond acceptors (Lipinski definition) is 2. The Morgan fingerprint density at radius 2 is 1.12 bits per heavy atom. The third-order valence-corrected chi connectivity index (χ3v) is 4.07. The molecule has 3 aromatic carbocycles. The van der Waals surface area contributed by atoms with Crippen LogP contribution in [0.5, 0.6) is 11.5 Å². The Balaban J connectivity index is 1.69. The Labute approximate surface area is 179 Å². The zero-order valence-electron chi connectivity index (χ0n) is 16.0. The quantitative estimate of drug-likeness (QED) is 0.381. The van der Waals surface area contributed by atoms with Gasteiger partial charge in [0.2, 0.25) is 0 Å². The van der Waals surface area contributed by atoms with E-state index >= 15 is 0 Å². The van der Waals surface area contributed by atoms with Crippen molar-refractivity contribution >= 4 is 30.7 Å². The maximum Gasteiger partial charge on any atom is 0.416 e. The molecule has 11 heteroatoms. The van der Waals surface area contributed by atoms with E-state index in [1.54, 1.807) is 24.3 Å². The van der Waals surface area contributed by atoms with Gasteiger partial charge in [0.25, 0.3) is 0 Å². The molecule has 0 bridgehead atoms. The lowest BCUT2D eigenvalue weighted by atomic mass is 9.97. The molecule has 0 spiro atoms. The van der Waals surface area contributed by atoms with Gasteiger partial charge in [-0.15, -0.1) is 0 Å². The summed E-state index contributed by atoms with van der Waals surface area (Å²) in [6, 6.07) is 12.3. The number of amides is 2. The molecule has 0 saturated carbocycles. The number of nitrogens with one attached hydrogen (secondary N) is 2. The van der Waals surface area contributed by atoms with Crippen molar-refractivity contribution in [1.29, 1.82) is 0 Å². The molecule has 2 radical (unpaired) electrons. The highest BCUT2D eigenvalue weighted by atomic mass is 19.4. The first-order valence-electron chi connectivity index (χ1n) is 8.91. The van der Waals surface area contributed by atoms with Crippen LogP contribution in [0.1, 0.15) is 11.1 Å². The molecule has 0 aliphatic carbocycles. The molecule has 32 heavy (non-hydrogen) atoms. The first kappa shape index (κ1) is 23.0. The minimum atomic E-state index is -5.02. The van der Waals surface area contributed by atoms with Crippen LogP contribution in [-0.2, 0) is 12.4 Å². The fraction of sp³-hybridized carbons (Fsp3) is 0.0952. The molecule has 3 aromatic rings. The lowest BCUT2D eigenvalue weighted by molar-refractivity contribution is -0.143. The first-order valence-corrected chi connectivity index (χ1v) is 8.91. The van der Waals surface area contributed by atoms with E-state index in [-0.39, 0.29) is 11.8 Å². The summed E-state index contributed by atoms with van der Waals surface area (Å²) in [5.74, 6) is 0.941. The molecule has 0 atom stereocenters. The second kappa shape index (κ2) is 8.85. The number of carbonyl (C=O) groups excluding carboxylic acids is 1. The largest absolute Gasteiger partial charge is 0.457 e. The molecular formula is C21H13BF6N2O2. The Bertz CT molecular complexity index is 1070. The molecule has 0 aliphatic heterocycles. The fourth-order valence-corrected chi connectivity index (χ4v) is 2.60. The molecule has 2 N–H and O–H groups in total. The monoisotopic (exact) mass is 450 g/mol. The van der Waals surface area contributed by atoms with Gasteiger partial charge in [0.15, 0.2) is 0 Å². The number of hydrogen-bond donors (Lipinski definition) is 2. The van der Waals surface area contributed by atoms with Gasteiger partial charge in [0.05, 0.1) is 11.1 Å². The minimum absolute atomic E-state index is 0.0249. The van der Waals surface area contributed by atoms with Gasteiger partial charge in [0.1, 0.15) is 19.3 Å². The van der Waals surface area contributed by atoms with Gasteiger partial charge in [-0.25, -0.2) is 4.79 Å². The van der Waals surface area contributed by atoms with Gasteiger partial charge in [-0.1, -0.05) is 17.6 Å². The van der Waals surface area contributed by atoms with Crippen molar-refractivity contribution in [1.82, 2.24) is 0 Å². The molecule has 0 aromatic heterocycles. The Hall–Kier alpha value is -3.63. The minimum Gasteiger partial charge on any atom is -0.457 e. The van der Waals surface area contributed by atoms with Gasteiger partial charge < -0.3 is 15.4 Å². The van der Waals surface area contributed by atoms with E-state index < -0.39 is 35.2 Å². The molecule has 0 fully saturated rings. The van der Waals surface area contributed by atoms with Crippen LogP contribution in [-0.4, -0.2) is 13.9 Å². The second-order valence-electron chi connectivity index (χ2n) is 6.57. The lowest BCUT2D eigenvalue weighted by Crippen LogP contribution is -2.20. The van der Waals surface area contributed by atoms with E-state index in [0.717, 1.165) is 0 Å². The zero-order valence-corrected chi connectivity index (χ0v) is 16.0. The summed E-state index contributed by atoms with van der Waals surface area (Å²) in [7, 11) is 5.59. The molecule has 0 unspecified atom stereocenters. The highest BCUT2D eigenvalue weighted by Gasteiger charge is 2.37. The topological polar surface area (TPSA) is 50.4 Å². The first-order chi connectivity index (χ1) is 14.9. The average Bonchev–Trinajstić information content (AvgIpc) is 2.69. The second-order valence-corrected chi connectivity index (χ2v) is 6.57. The van der Waals surface area contributed by atoms with Crippen LogP contribution in [0.4, 0.5) is 42.5 Å². The van der Waals surface area contributed by atoms with Crippen molar-refractivity contribution in [2.24, 2.45) is 0 Å². The average molecular weight is 450 g/mol. The molecule has 2 amide bonds. The highest BCUT2D eigenvalue weighted by molar-refractivity contribution is 6.32. The molecule has 0 aliphatic rings. The summed E-state index contributed by atoms with van der Waals surface area (Å²) in [4.78, 5) is 12.1. The predicted molar refractivity (Wildman–Crippen MR) is 107 cm³/mol. The number of anilines is 2. The maximum absolute atomic E-state index is 12.9. The number of halogens is 6. The third-order valence-electron chi connectivity index (χ3n) is 4.07. The van der Waals surface area contributed by atoms with E-state index in [1.807, 2.05) is 5.32 Å². The smallest absolute Gasteiger partial charge is 0.416 e. The van der Waals surface area contributed by atoms with E-state index in [0.29, 0.717) is 29.1 Å². The summed E-state index contributed by atoms with van der Waals surface area (Å²) in [5.41, 5.74) is -2.94. The highest BCUT2D eigenvalue weighted by Crippen LogP contribution is 2.37. The van der Waals surface area contributed by atoms with Crippen LogP contribution in [0.2, 0.25) is 0 Å². The zero-order chi connectivity index (χ0) is 23.5. The summed E-state index contributed by atoms with van der Waals surface area (Å²) in [6.45, 7) is 0. The number of alkyl halides is 6. The number of rotatable bonds is 4. The van der Waals surface area contributed by atoms with E-state index in [4.69, 9.17) is 12.6 Å². The van der Waals surface area contributed by atoms with E-state index in [9.17, 15) is 31.1 Å². The molecular weight excluding hydrogens is 437 g/mol. The van der Waals surface area contributed by atoms with Crippen LogP contribution >= 0.6 is 0 Å². The third kappa shape index (κ3) is 6.19. The normalized spacial score (nSPS) is 11.7. The summed E-state index contributed by atoms with van der Waals surface area (Å²) in [5, 5.41) is 4.30. The summed E-state index contributed by atoms with van der Waals surface area (Å²) < 4.78 is 83.1. The van der Waals surface area contributed by atoms with Crippen molar-refractivity contribution < 1.29 is 35.9 Å². The van der Waals surface area contributed by atoms with Crippen molar-refractivity contribution in [3.05, 3.63) is 77.9 Å². The van der Waals surface area contributed by atoms with Gasteiger partial charge in [-0.2, -0.15) is 26.3 Å². The standard InChI is InChI=1S/C21H13BF6N2O2/c22-14-1-5-17(6-2-14)32-18-7-3-15(4-8-18)29-19(31)30-16-10-12(20(23,24)25)9-13(11-16)21(26,27)28/h1-11H,(H2,29,30,31). The summed E-state index contributed by atoms with van der Waals surface area (Å²) >= 11 is 0. The van der Waals surface area contributed by atoms with Gasteiger partial charge in [-0.05, 0) is 54.6 Å². The van der Waals surface area contributed by atoms with Crippen molar-refractivity contribution in [2.45, 2.75) is 12.4 Å². The number of carbonyl (C=O) groups is 1. The SMILES string of the molecule is [B]c1ccc(Oc2ccc(NC(=O)Nc3cc(C(F)(F)F)cc(C(F)(F)F)c3)cc2)cc1. The molecule has 0 saturated heterocycles. The number of urea groups is 1. The van der Waals surface area contributed by atoms with Gasteiger partial charge in [-0.3, -0.25) is 0 Å².